The molecule has 1 atom stereocenters. The molecule has 1 aromatic rings. The number of anilines is 1. The first-order valence-corrected chi connectivity index (χ1v) is 6.06. The van der Waals surface area contributed by atoms with Crippen LogP contribution in [0.5, 0.6) is 0 Å². The average molecular weight is 266 g/mol. The van der Waals surface area contributed by atoms with Crippen molar-refractivity contribution in [2.45, 2.75) is 12.8 Å². The van der Waals surface area contributed by atoms with Gasteiger partial charge in [-0.2, -0.15) is 0 Å². The molecule has 1 saturated heterocycles. The number of carboxylic acid groups (broad SMARTS) is 1. The summed E-state index contributed by atoms with van der Waals surface area (Å²) < 4.78 is 13.9. The number of aliphatic carboxylic acids is 1. The third-order valence-corrected chi connectivity index (χ3v) is 3.34. The molecule has 19 heavy (non-hydrogen) atoms. The first kappa shape index (κ1) is 13.3. The van der Waals surface area contributed by atoms with Crippen molar-refractivity contribution in [2.24, 2.45) is 11.7 Å². The van der Waals surface area contributed by atoms with Crippen molar-refractivity contribution in [2.75, 3.05) is 18.0 Å². The zero-order valence-corrected chi connectivity index (χ0v) is 10.3. The van der Waals surface area contributed by atoms with Crippen molar-refractivity contribution >= 4 is 17.6 Å². The SMILES string of the molecule is NC(=O)c1ccc(N2CCCC(C(=O)O)C2)c(F)c1. The molecule has 1 amide bonds. The van der Waals surface area contributed by atoms with Gasteiger partial charge in [0.1, 0.15) is 5.82 Å². The molecule has 2 rings (SSSR count). The fourth-order valence-corrected chi connectivity index (χ4v) is 2.31. The largest absolute Gasteiger partial charge is 0.481 e. The van der Waals surface area contributed by atoms with Crippen molar-refractivity contribution in [3.63, 3.8) is 0 Å². The Morgan fingerprint density at radius 3 is 2.74 bits per heavy atom. The molecular weight excluding hydrogens is 251 g/mol. The molecule has 0 saturated carbocycles. The van der Waals surface area contributed by atoms with Gasteiger partial charge in [-0.25, -0.2) is 4.39 Å². The van der Waals surface area contributed by atoms with Gasteiger partial charge in [0.2, 0.25) is 5.91 Å². The van der Waals surface area contributed by atoms with Gasteiger partial charge in [-0.15, -0.1) is 0 Å². The highest BCUT2D eigenvalue weighted by molar-refractivity contribution is 5.93. The highest BCUT2D eigenvalue weighted by atomic mass is 19.1. The Bertz CT molecular complexity index is 519. The van der Waals surface area contributed by atoms with Crippen molar-refractivity contribution in [3.8, 4) is 0 Å². The Labute approximate surface area is 109 Å². The number of hydrogen-bond donors (Lipinski definition) is 2. The van der Waals surface area contributed by atoms with E-state index < -0.39 is 23.6 Å². The van der Waals surface area contributed by atoms with Gasteiger partial charge in [-0.3, -0.25) is 9.59 Å². The van der Waals surface area contributed by atoms with E-state index in [1.165, 1.54) is 12.1 Å². The van der Waals surface area contributed by atoms with Crippen LogP contribution in [0.25, 0.3) is 0 Å². The average Bonchev–Trinajstić information content (AvgIpc) is 2.38. The summed E-state index contributed by atoms with van der Waals surface area (Å²) in [5, 5.41) is 9.01. The Hall–Kier alpha value is -2.11. The molecule has 3 N–H and O–H groups in total. The van der Waals surface area contributed by atoms with E-state index in [0.717, 1.165) is 6.07 Å². The first-order chi connectivity index (χ1) is 8.99. The second-order valence-electron chi connectivity index (χ2n) is 4.65. The predicted octanol–water partition coefficient (Wildman–Crippen LogP) is 1.23. The Morgan fingerprint density at radius 1 is 1.42 bits per heavy atom. The number of halogens is 1. The van der Waals surface area contributed by atoms with Crippen LogP contribution >= 0.6 is 0 Å². The molecule has 0 radical (unpaired) electrons. The molecule has 1 aliphatic rings. The van der Waals surface area contributed by atoms with Crippen molar-refractivity contribution in [1.29, 1.82) is 0 Å². The second-order valence-corrected chi connectivity index (χ2v) is 4.65. The number of carboxylic acids is 1. The van der Waals surface area contributed by atoms with Crippen LogP contribution < -0.4 is 10.6 Å². The van der Waals surface area contributed by atoms with Gasteiger partial charge in [-0.1, -0.05) is 0 Å². The van der Waals surface area contributed by atoms with E-state index in [2.05, 4.69) is 0 Å². The number of primary amides is 1. The number of nitrogens with two attached hydrogens (primary N) is 1. The van der Waals surface area contributed by atoms with Crippen molar-refractivity contribution in [1.82, 2.24) is 0 Å². The maximum atomic E-state index is 13.9. The fraction of sp³-hybridized carbons (Fsp3) is 0.385. The molecule has 1 fully saturated rings. The molecule has 1 unspecified atom stereocenters. The molecular formula is C13H15FN2O3. The number of nitrogens with zero attached hydrogens (tertiary/aromatic N) is 1. The van der Waals surface area contributed by atoms with E-state index in [9.17, 15) is 14.0 Å². The van der Waals surface area contributed by atoms with Gasteiger partial charge in [0.25, 0.3) is 0 Å². The molecule has 0 aromatic heterocycles. The number of carbonyl (C=O) groups is 2. The highest BCUT2D eigenvalue weighted by Crippen LogP contribution is 2.26. The molecule has 1 aromatic carbocycles. The molecule has 0 aliphatic carbocycles. The third-order valence-electron chi connectivity index (χ3n) is 3.34. The minimum absolute atomic E-state index is 0.105. The fourth-order valence-electron chi connectivity index (χ4n) is 2.31. The van der Waals surface area contributed by atoms with Crippen LogP contribution in [-0.4, -0.2) is 30.1 Å². The minimum atomic E-state index is -0.862. The number of hydrogen-bond acceptors (Lipinski definition) is 3. The highest BCUT2D eigenvalue weighted by Gasteiger charge is 2.26. The lowest BCUT2D eigenvalue weighted by molar-refractivity contribution is -0.141. The summed E-state index contributed by atoms with van der Waals surface area (Å²) in [5.74, 6) is -2.59. The predicted molar refractivity (Wildman–Crippen MR) is 67.5 cm³/mol. The normalized spacial score (nSPS) is 19.2. The standard InChI is InChI=1S/C13H15FN2O3/c14-10-6-8(12(15)17)3-4-11(10)16-5-1-2-9(7-16)13(18)19/h3-4,6,9H,1-2,5,7H2,(H2,15,17)(H,18,19). The van der Waals surface area contributed by atoms with Crippen LogP contribution in [0.2, 0.25) is 0 Å². The van der Waals surface area contributed by atoms with E-state index in [1.807, 2.05) is 0 Å². The Kier molecular flexibility index (Phi) is 3.69. The van der Waals surface area contributed by atoms with Crippen LogP contribution in [0, 0.1) is 11.7 Å². The zero-order chi connectivity index (χ0) is 14.0. The minimum Gasteiger partial charge on any atom is -0.481 e. The summed E-state index contributed by atoms with van der Waals surface area (Å²) in [6.45, 7) is 0.888. The van der Waals surface area contributed by atoms with Crippen LogP contribution in [0.3, 0.4) is 0 Å². The number of carbonyl (C=O) groups excluding carboxylic acids is 1. The Balaban J connectivity index is 2.22. The quantitative estimate of drug-likeness (QED) is 0.861. The number of amides is 1. The number of rotatable bonds is 3. The lowest BCUT2D eigenvalue weighted by atomic mass is 9.97. The third kappa shape index (κ3) is 2.83. The summed E-state index contributed by atoms with van der Waals surface area (Å²) in [6.07, 6.45) is 1.31. The summed E-state index contributed by atoms with van der Waals surface area (Å²) in [7, 11) is 0. The van der Waals surface area contributed by atoms with Gasteiger partial charge in [0.05, 0.1) is 11.6 Å². The Morgan fingerprint density at radius 2 is 2.16 bits per heavy atom. The van der Waals surface area contributed by atoms with E-state index in [4.69, 9.17) is 10.8 Å². The maximum Gasteiger partial charge on any atom is 0.308 e. The number of benzene rings is 1. The zero-order valence-electron chi connectivity index (χ0n) is 10.3. The lowest BCUT2D eigenvalue weighted by Gasteiger charge is -2.32. The van der Waals surface area contributed by atoms with Crippen LogP contribution in [0.4, 0.5) is 10.1 Å². The molecule has 5 nitrogen and oxygen atoms in total. The topological polar surface area (TPSA) is 83.6 Å². The summed E-state index contributed by atoms with van der Waals surface area (Å²) in [6, 6.07) is 4.01. The van der Waals surface area contributed by atoms with E-state index in [0.29, 0.717) is 25.1 Å². The molecule has 1 aliphatic heterocycles. The summed E-state index contributed by atoms with van der Waals surface area (Å²) >= 11 is 0. The van der Waals surface area contributed by atoms with E-state index >= 15 is 0 Å². The van der Waals surface area contributed by atoms with Crippen molar-refractivity contribution in [3.05, 3.63) is 29.6 Å². The lowest BCUT2D eigenvalue weighted by Crippen LogP contribution is -2.39. The molecule has 0 spiro atoms. The summed E-state index contributed by atoms with van der Waals surface area (Å²) in [5.41, 5.74) is 5.50. The second kappa shape index (κ2) is 5.26. The van der Waals surface area contributed by atoms with Crippen LogP contribution in [0.1, 0.15) is 23.2 Å². The smallest absolute Gasteiger partial charge is 0.308 e. The summed E-state index contributed by atoms with van der Waals surface area (Å²) in [4.78, 5) is 23.6. The van der Waals surface area contributed by atoms with Gasteiger partial charge in [-0.05, 0) is 31.0 Å². The maximum absolute atomic E-state index is 13.9. The van der Waals surface area contributed by atoms with Crippen molar-refractivity contribution < 1.29 is 19.1 Å². The molecule has 6 heteroatoms. The molecule has 102 valence electrons. The van der Waals surface area contributed by atoms with Gasteiger partial charge in [0, 0.05) is 18.7 Å². The molecule has 0 bridgehead atoms. The van der Waals surface area contributed by atoms with Crippen LogP contribution in [-0.2, 0) is 4.79 Å². The van der Waals surface area contributed by atoms with E-state index in [1.54, 1.807) is 4.90 Å². The molecule has 1 heterocycles. The van der Waals surface area contributed by atoms with Gasteiger partial charge in [0.15, 0.2) is 0 Å². The monoisotopic (exact) mass is 266 g/mol. The van der Waals surface area contributed by atoms with Crippen LogP contribution in [0.15, 0.2) is 18.2 Å². The van der Waals surface area contributed by atoms with Gasteiger partial charge >= 0.3 is 5.97 Å². The van der Waals surface area contributed by atoms with Gasteiger partial charge < -0.3 is 15.7 Å². The number of piperidine rings is 1. The first-order valence-electron chi connectivity index (χ1n) is 6.06. The van der Waals surface area contributed by atoms with E-state index in [-0.39, 0.29) is 12.1 Å².